The van der Waals surface area contributed by atoms with Crippen LogP contribution < -0.4 is 14.2 Å². The van der Waals surface area contributed by atoms with Crippen LogP contribution >= 0.6 is 0 Å². The molecule has 2 heterocycles. The van der Waals surface area contributed by atoms with Gasteiger partial charge in [-0.15, -0.1) is 10.2 Å². The second kappa shape index (κ2) is 8.64. The predicted molar refractivity (Wildman–Crippen MR) is 128 cm³/mol. The topological polar surface area (TPSA) is 108 Å². The molecule has 0 aliphatic carbocycles. The van der Waals surface area contributed by atoms with Crippen molar-refractivity contribution in [3.05, 3.63) is 78.6 Å². The van der Waals surface area contributed by atoms with Crippen molar-refractivity contribution in [2.45, 2.75) is 18.2 Å². The van der Waals surface area contributed by atoms with Crippen molar-refractivity contribution in [2.24, 2.45) is 0 Å². The number of aryl methyl sites for hydroxylation is 1. The van der Waals surface area contributed by atoms with E-state index >= 15 is 0 Å². The van der Waals surface area contributed by atoms with E-state index in [2.05, 4.69) is 19.9 Å². The Hall–Kier alpha value is -4.18. The Bertz CT molecular complexity index is 1580. The molecular formula is C24H21N5O4S. The van der Waals surface area contributed by atoms with Crippen molar-refractivity contribution >= 4 is 32.4 Å². The van der Waals surface area contributed by atoms with Gasteiger partial charge in [0.1, 0.15) is 17.3 Å². The van der Waals surface area contributed by atoms with Crippen LogP contribution in [0.5, 0.6) is 17.4 Å². The summed E-state index contributed by atoms with van der Waals surface area (Å²) in [5.74, 6) is 2.19. The average molecular weight is 476 g/mol. The Kier molecular flexibility index (Phi) is 5.50. The highest BCUT2D eigenvalue weighted by molar-refractivity contribution is 7.92. The molecule has 9 nitrogen and oxygen atoms in total. The first-order chi connectivity index (χ1) is 16.5. The lowest BCUT2D eigenvalue weighted by molar-refractivity contribution is 0.414. The van der Waals surface area contributed by atoms with Gasteiger partial charge in [-0.05, 0) is 60.7 Å². The number of aromatic nitrogens is 4. The van der Waals surface area contributed by atoms with Crippen LogP contribution in [0.4, 0.5) is 5.69 Å². The van der Waals surface area contributed by atoms with E-state index in [1.165, 1.54) is 19.2 Å². The number of methoxy groups -OCH3 is 1. The summed E-state index contributed by atoms with van der Waals surface area (Å²) in [6, 6.07) is 20.4. The smallest absolute Gasteiger partial charge is 0.266 e. The number of hydrogen-bond donors (Lipinski definition) is 1. The number of rotatable bonds is 7. The van der Waals surface area contributed by atoms with E-state index in [-0.39, 0.29) is 4.90 Å². The summed E-state index contributed by atoms with van der Waals surface area (Å²) < 4.78 is 40.9. The van der Waals surface area contributed by atoms with Crippen molar-refractivity contribution in [3.63, 3.8) is 0 Å². The zero-order chi connectivity index (χ0) is 23.7. The summed E-state index contributed by atoms with van der Waals surface area (Å²) in [6.45, 7) is 2.01. The number of nitrogens with one attached hydrogen (secondary N) is 1. The maximum atomic E-state index is 12.7. The fraction of sp³-hybridized carbons (Fsp3) is 0.125. The Labute approximate surface area is 196 Å². The Balaban J connectivity index is 1.41. The van der Waals surface area contributed by atoms with Gasteiger partial charge >= 0.3 is 0 Å². The van der Waals surface area contributed by atoms with Gasteiger partial charge in [0.15, 0.2) is 0 Å². The highest BCUT2D eigenvalue weighted by Gasteiger charge is 2.17. The van der Waals surface area contributed by atoms with Crippen LogP contribution in [-0.2, 0) is 16.4 Å². The highest BCUT2D eigenvalue weighted by atomic mass is 32.2. The van der Waals surface area contributed by atoms with Gasteiger partial charge in [0, 0.05) is 12.1 Å². The van der Waals surface area contributed by atoms with E-state index in [1.807, 2.05) is 35.6 Å². The quantitative estimate of drug-likeness (QED) is 0.371. The maximum absolute atomic E-state index is 12.7. The van der Waals surface area contributed by atoms with Crippen LogP contribution in [-0.4, -0.2) is 35.1 Å². The molecular weight excluding hydrogens is 454 g/mol. The molecule has 0 amide bonds. The Morgan fingerprint density at radius 3 is 2.32 bits per heavy atom. The van der Waals surface area contributed by atoms with Crippen molar-refractivity contribution in [3.8, 4) is 17.4 Å². The molecule has 0 fully saturated rings. The van der Waals surface area contributed by atoms with E-state index in [0.29, 0.717) is 35.1 Å². The standard InChI is InChI=1S/C24H21N5O4S/c1-3-22-26-27-23-24(25-20-6-4-5-7-21(20)29(22)23)33-18-10-8-16(9-11-18)28-34(30,31)19-14-12-17(32-2)13-15-19/h4-15,28H,3H2,1-2H3. The van der Waals surface area contributed by atoms with Gasteiger partial charge in [-0.1, -0.05) is 19.1 Å². The summed E-state index contributed by atoms with van der Waals surface area (Å²) in [6.07, 6.45) is 0.706. The number of sulfonamides is 1. The van der Waals surface area contributed by atoms with Gasteiger partial charge in [0.05, 0.1) is 23.0 Å². The second-order valence-electron chi connectivity index (χ2n) is 7.44. The zero-order valence-corrected chi connectivity index (χ0v) is 19.3. The molecule has 5 aromatic rings. The normalized spacial score (nSPS) is 11.6. The van der Waals surface area contributed by atoms with E-state index < -0.39 is 10.0 Å². The van der Waals surface area contributed by atoms with E-state index in [1.54, 1.807) is 36.4 Å². The number of hydrogen-bond acceptors (Lipinski definition) is 7. The van der Waals surface area contributed by atoms with E-state index in [4.69, 9.17) is 9.47 Å². The van der Waals surface area contributed by atoms with Gasteiger partial charge in [0.2, 0.25) is 5.65 Å². The molecule has 0 unspecified atom stereocenters. The zero-order valence-electron chi connectivity index (χ0n) is 18.5. The second-order valence-corrected chi connectivity index (χ2v) is 9.12. The van der Waals surface area contributed by atoms with Crippen molar-refractivity contribution in [1.82, 2.24) is 19.6 Å². The first-order valence-corrected chi connectivity index (χ1v) is 12.0. The number of fused-ring (bicyclic) bond motifs is 3. The molecule has 3 aromatic carbocycles. The molecule has 0 aliphatic heterocycles. The molecule has 5 rings (SSSR count). The van der Waals surface area contributed by atoms with Crippen molar-refractivity contribution in [2.75, 3.05) is 11.8 Å². The summed E-state index contributed by atoms with van der Waals surface area (Å²) in [7, 11) is -2.22. The third-order valence-electron chi connectivity index (χ3n) is 5.27. The number of anilines is 1. The highest BCUT2D eigenvalue weighted by Crippen LogP contribution is 2.29. The van der Waals surface area contributed by atoms with Gasteiger partial charge in [-0.2, -0.15) is 0 Å². The average Bonchev–Trinajstić information content (AvgIpc) is 3.30. The molecule has 0 spiro atoms. The summed E-state index contributed by atoms with van der Waals surface area (Å²) in [5.41, 5.74) is 2.56. The minimum atomic E-state index is -3.74. The van der Waals surface area contributed by atoms with E-state index in [9.17, 15) is 8.42 Å². The van der Waals surface area contributed by atoms with Crippen LogP contribution in [0.1, 0.15) is 12.7 Å². The fourth-order valence-electron chi connectivity index (χ4n) is 3.58. The first-order valence-electron chi connectivity index (χ1n) is 10.6. The SMILES string of the molecule is CCc1nnc2c(Oc3ccc(NS(=O)(=O)c4ccc(OC)cc4)cc3)nc3ccccc3n12. The molecule has 0 aliphatic rings. The molecule has 0 saturated carbocycles. The van der Waals surface area contributed by atoms with Gasteiger partial charge in [-0.3, -0.25) is 9.12 Å². The lowest BCUT2D eigenvalue weighted by atomic mass is 10.3. The minimum absolute atomic E-state index is 0.134. The maximum Gasteiger partial charge on any atom is 0.266 e. The van der Waals surface area contributed by atoms with Gasteiger partial charge < -0.3 is 9.47 Å². The molecule has 0 atom stereocenters. The lowest BCUT2D eigenvalue weighted by Gasteiger charge is -2.11. The van der Waals surface area contributed by atoms with Crippen LogP contribution in [0.2, 0.25) is 0 Å². The molecule has 1 N–H and O–H groups in total. The summed E-state index contributed by atoms with van der Waals surface area (Å²) in [5, 5.41) is 8.54. The number of ether oxygens (including phenoxy) is 2. The lowest BCUT2D eigenvalue weighted by Crippen LogP contribution is -2.12. The molecule has 0 saturated heterocycles. The summed E-state index contributed by atoms with van der Waals surface area (Å²) in [4.78, 5) is 4.75. The molecule has 34 heavy (non-hydrogen) atoms. The van der Waals surface area contributed by atoms with E-state index in [0.717, 1.165) is 16.9 Å². The van der Waals surface area contributed by atoms with Crippen LogP contribution in [0.3, 0.4) is 0 Å². The molecule has 0 radical (unpaired) electrons. The predicted octanol–water partition coefficient (Wildman–Crippen LogP) is 4.44. The number of para-hydroxylation sites is 2. The van der Waals surface area contributed by atoms with Crippen LogP contribution in [0, 0.1) is 0 Å². The molecule has 10 heteroatoms. The molecule has 2 aromatic heterocycles. The van der Waals surface area contributed by atoms with Crippen LogP contribution in [0.15, 0.2) is 77.7 Å². The third kappa shape index (κ3) is 3.99. The summed E-state index contributed by atoms with van der Waals surface area (Å²) >= 11 is 0. The fourth-order valence-corrected chi connectivity index (χ4v) is 4.64. The monoisotopic (exact) mass is 475 g/mol. The number of nitrogens with zero attached hydrogens (tertiary/aromatic N) is 4. The van der Waals surface area contributed by atoms with Gasteiger partial charge in [0.25, 0.3) is 15.9 Å². The molecule has 172 valence electrons. The Morgan fingerprint density at radius 2 is 1.62 bits per heavy atom. The van der Waals surface area contributed by atoms with Crippen LogP contribution in [0.25, 0.3) is 16.7 Å². The third-order valence-corrected chi connectivity index (χ3v) is 6.67. The van der Waals surface area contributed by atoms with Crippen molar-refractivity contribution < 1.29 is 17.9 Å². The molecule has 0 bridgehead atoms. The first kappa shape index (κ1) is 21.7. The van der Waals surface area contributed by atoms with Crippen molar-refractivity contribution in [1.29, 1.82) is 0 Å². The minimum Gasteiger partial charge on any atom is -0.497 e. The Morgan fingerprint density at radius 1 is 0.912 bits per heavy atom. The number of benzene rings is 3. The largest absolute Gasteiger partial charge is 0.497 e. The van der Waals surface area contributed by atoms with Gasteiger partial charge in [-0.25, -0.2) is 13.4 Å².